The number of benzene rings is 1. The van der Waals surface area contributed by atoms with E-state index in [0.29, 0.717) is 6.42 Å². The lowest BCUT2D eigenvalue weighted by Crippen LogP contribution is -2.21. The zero-order valence-corrected chi connectivity index (χ0v) is 9.38. The van der Waals surface area contributed by atoms with Crippen molar-refractivity contribution in [2.75, 3.05) is 18.0 Å². The number of hydrogen-bond acceptors (Lipinski definition) is 2. The number of anilines is 1. The van der Waals surface area contributed by atoms with Crippen LogP contribution in [0.25, 0.3) is 0 Å². The molecule has 1 aromatic carbocycles. The van der Waals surface area contributed by atoms with Crippen LogP contribution in [0.4, 0.5) is 5.69 Å². The Bertz CT molecular complexity index is 415. The molecular weight excluding hydrogens is 184 g/mol. The van der Waals surface area contributed by atoms with Crippen LogP contribution >= 0.6 is 0 Å². The van der Waals surface area contributed by atoms with E-state index in [0.717, 1.165) is 19.5 Å². The molecule has 1 aliphatic rings. The van der Waals surface area contributed by atoms with Crippen molar-refractivity contribution >= 4 is 5.69 Å². The predicted octanol–water partition coefficient (Wildman–Crippen LogP) is 2.58. The van der Waals surface area contributed by atoms with E-state index in [1.807, 2.05) is 0 Å². The molecule has 0 unspecified atom stereocenters. The van der Waals surface area contributed by atoms with Crippen molar-refractivity contribution in [3.05, 3.63) is 28.8 Å². The van der Waals surface area contributed by atoms with E-state index in [4.69, 9.17) is 5.26 Å². The summed E-state index contributed by atoms with van der Waals surface area (Å²) in [6.45, 7) is 6.25. The number of aryl methyl sites for hydroxylation is 2. The van der Waals surface area contributed by atoms with Crippen LogP contribution in [0.15, 0.2) is 12.1 Å². The van der Waals surface area contributed by atoms with Gasteiger partial charge in [0.15, 0.2) is 0 Å². The SMILES string of the molecule is Cc1cc(C)c2c(c1)CCN2CCC#N. The van der Waals surface area contributed by atoms with Crippen molar-refractivity contribution < 1.29 is 0 Å². The van der Waals surface area contributed by atoms with Gasteiger partial charge in [0, 0.05) is 18.8 Å². The molecular formula is C13H16N2. The van der Waals surface area contributed by atoms with Crippen LogP contribution < -0.4 is 4.90 Å². The van der Waals surface area contributed by atoms with Crippen LogP contribution in [0, 0.1) is 25.2 Å². The Labute approximate surface area is 91.1 Å². The first-order valence-electron chi connectivity index (χ1n) is 5.44. The molecule has 0 aliphatic carbocycles. The van der Waals surface area contributed by atoms with Crippen molar-refractivity contribution in [3.63, 3.8) is 0 Å². The average molecular weight is 200 g/mol. The zero-order valence-electron chi connectivity index (χ0n) is 9.38. The molecule has 0 N–H and O–H groups in total. The second-order valence-electron chi connectivity index (χ2n) is 4.23. The quantitative estimate of drug-likeness (QED) is 0.733. The van der Waals surface area contributed by atoms with Gasteiger partial charge in [-0.25, -0.2) is 0 Å². The van der Waals surface area contributed by atoms with E-state index in [1.165, 1.54) is 22.4 Å². The lowest BCUT2D eigenvalue weighted by Gasteiger charge is -2.20. The number of hydrogen-bond donors (Lipinski definition) is 0. The monoisotopic (exact) mass is 200 g/mol. The average Bonchev–Trinajstić information content (AvgIpc) is 2.58. The molecule has 2 heteroatoms. The highest BCUT2D eigenvalue weighted by molar-refractivity contribution is 5.64. The second-order valence-corrected chi connectivity index (χ2v) is 4.23. The zero-order chi connectivity index (χ0) is 10.8. The molecule has 0 radical (unpaired) electrons. The van der Waals surface area contributed by atoms with Crippen LogP contribution in [-0.4, -0.2) is 13.1 Å². The van der Waals surface area contributed by atoms with Crippen molar-refractivity contribution in [2.24, 2.45) is 0 Å². The van der Waals surface area contributed by atoms with Gasteiger partial charge in [0.05, 0.1) is 12.5 Å². The van der Waals surface area contributed by atoms with Gasteiger partial charge in [0.2, 0.25) is 0 Å². The summed E-state index contributed by atoms with van der Waals surface area (Å²) in [5.41, 5.74) is 5.51. The lowest BCUT2D eigenvalue weighted by molar-refractivity contribution is 0.829. The predicted molar refractivity (Wildman–Crippen MR) is 62.1 cm³/mol. The first-order chi connectivity index (χ1) is 7.22. The van der Waals surface area contributed by atoms with E-state index >= 15 is 0 Å². The Balaban J connectivity index is 2.30. The molecule has 0 amide bonds. The summed E-state index contributed by atoms with van der Waals surface area (Å²) >= 11 is 0. The Hall–Kier alpha value is -1.49. The van der Waals surface area contributed by atoms with E-state index in [2.05, 4.69) is 36.9 Å². The molecule has 1 aromatic rings. The highest BCUT2D eigenvalue weighted by Gasteiger charge is 2.20. The maximum absolute atomic E-state index is 8.61. The van der Waals surface area contributed by atoms with E-state index in [1.54, 1.807) is 0 Å². The normalized spacial score (nSPS) is 13.8. The van der Waals surface area contributed by atoms with E-state index in [-0.39, 0.29) is 0 Å². The fourth-order valence-corrected chi connectivity index (χ4v) is 2.47. The Kier molecular flexibility index (Phi) is 2.64. The first kappa shape index (κ1) is 10.0. The standard InChI is InChI=1S/C13H16N2/c1-10-8-11(2)13-12(9-10)4-7-15(13)6-3-5-14/h8-9H,3-4,6-7H2,1-2H3. The molecule has 0 saturated carbocycles. The van der Waals surface area contributed by atoms with Gasteiger partial charge in [-0.05, 0) is 31.4 Å². The van der Waals surface area contributed by atoms with Gasteiger partial charge in [-0.2, -0.15) is 5.26 Å². The third kappa shape index (κ3) is 1.83. The fourth-order valence-electron chi connectivity index (χ4n) is 2.47. The van der Waals surface area contributed by atoms with Crippen LogP contribution in [0.5, 0.6) is 0 Å². The number of rotatable bonds is 2. The van der Waals surface area contributed by atoms with Gasteiger partial charge in [-0.15, -0.1) is 0 Å². The van der Waals surface area contributed by atoms with Crippen molar-refractivity contribution in [2.45, 2.75) is 26.7 Å². The Morgan fingerprint density at radius 2 is 2.20 bits per heavy atom. The van der Waals surface area contributed by atoms with Gasteiger partial charge in [-0.1, -0.05) is 17.7 Å². The van der Waals surface area contributed by atoms with Gasteiger partial charge in [0.25, 0.3) is 0 Å². The maximum Gasteiger partial charge on any atom is 0.0640 e. The van der Waals surface area contributed by atoms with Gasteiger partial charge < -0.3 is 4.90 Å². The molecule has 1 aliphatic heterocycles. The molecule has 0 fully saturated rings. The van der Waals surface area contributed by atoms with Crippen molar-refractivity contribution in [1.82, 2.24) is 0 Å². The molecule has 0 aromatic heterocycles. The lowest BCUT2D eigenvalue weighted by atomic mass is 10.0. The molecule has 78 valence electrons. The molecule has 0 saturated heterocycles. The third-order valence-electron chi connectivity index (χ3n) is 2.98. The molecule has 2 rings (SSSR count). The number of fused-ring (bicyclic) bond motifs is 1. The van der Waals surface area contributed by atoms with Gasteiger partial charge >= 0.3 is 0 Å². The summed E-state index contributed by atoms with van der Waals surface area (Å²) in [5, 5.41) is 8.61. The fraction of sp³-hybridized carbons (Fsp3) is 0.462. The largest absolute Gasteiger partial charge is 0.370 e. The minimum absolute atomic E-state index is 0.618. The molecule has 1 heterocycles. The molecule has 15 heavy (non-hydrogen) atoms. The molecule has 0 bridgehead atoms. The number of nitrogens with zero attached hydrogens (tertiary/aromatic N) is 2. The summed E-state index contributed by atoms with van der Waals surface area (Å²) in [4.78, 5) is 2.34. The first-order valence-corrected chi connectivity index (χ1v) is 5.44. The highest BCUT2D eigenvalue weighted by atomic mass is 15.1. The maximum atomic E-state index is 8.61. The topological polar surface area (TPSA) is 27.0 Å². The minimum Gasteiger partial charge on any atom is -0.370 e. The van der Waals surface area contributed by atoms with Crippen molar-refractivity contribution in [1.29, 1.82) is 5.26 Å². The van der Waals surface area contributed by atoms with Crippen LogP contribution in [0.1, 0.15) is 23.1 Å². The summed E-state index contributed by atoms with van der Waals surface area (Å²) in [6.07, 6.45) is 1.75. The smallest absolute Gasteiger partial charge is 0.0640 e. The van der Waals surface area contributed by atoms with Crippen LogP contribution in [0.3, 0.4) is 0 Å². The second kappa shape index (κ2) is 3.94. The number of nitriles is 1. The Morgan fingerprint density at radius 1 is 1.40 bits per heavy atom. The molecule has 0 atom stereocenters. The third-order valence-corrected chi connectivity index (χ3v) is 2.98. The van der Waals surface area contributed by atoms with Crippen LogP contribution in [-0.2, 0) is 6.42 Å². The van der Waals surface area contributed by atoms with Gasteiger partial charge in [0.1, 0.15) is 0 Å². The molecule has 2 nitrogen and oxygen atoms in total. The summed E-state index contributed by atoms with van der Waals surface area (Å²) in [7, 11) is 0. The summed E-state index contributed by atoms with van der Waals surface area (Å²) in [5.74, 6) is 0. The summed E-state index contributed by atoms with van der Waals surface area (Å²) in [6, 6.07) is 6.71. The highest BCUT2D eigenvalue weighted by Crippen LogP contribution is 2.32. The molecule has 0 spiro atoms. The Morgan fingerprint density at radius 3 is 2.93 bits per heavy atom. The van der Waals surface area contributed by atoms with E-state index < -0.39 is 0 Å². The van der Waals surface area contributed by atoms with Gasteiger partial charge in [-0.3, -0.25) is 0 Å². The summed E-state index contributed by atoms with van der Waals surface area (Å²) < 4.78 is 0. The van der Waals surface area contributed by atoms with Crippen molar-refractivity contribution in [3.8, 4) is 6.07 Å². The minimum atomic E-state index is 0.618. The van der Waals surface area contributed by atoms with E-state index in [9.17, 15) is 0 Å². The van der Waals surface area contributed by atoms with Crippen LogP contribution in [0.2, 0.25) is 0 Å².